The summed E-state index contributed by atoms with van der Waals surface area (Å²) in [4.78, 5) is 0. The van der Waals surface area contributed by atoms with Crippen molar-refractivity contribution in [2.24, 2.45) is 0 Å². The van der Waals surface area contributed by atoms with E-state index in [9.17, 15) is 0 Å². The molecule has 0 radical (unpaired) electrons. The summed E-state index contributed by atoms with van der Waals surface area (Å²) in [5, 5.41) is 8.35. The van der Waals surface area contributed by atoms with E-state index in [1.165, 1.54) is 0 Å². The van der Waals surface area contributed by atoms with Gasteiger partial charge in [0.2, 0.25) is 0 Å². The van der Waals surface area contributed by atoms with Crippen LogP contribution in [-0.2, 0) is 0 Å². The molecular weight excluding hydrogens is 324 g/mol. The third kappa shape index (κ3) is 2.43. The van der Waals surface area contributed by atoms with E-state index in [1.807, 2.05) is 50.2 Å². The normalized spacial score (nSPS) is 13.1. The zero-order valence-electron chi connectivity index (χ0n) is 13.5. The maximum absolute atomic E-state index is 6.29. The molecule has 122 valence electrons. The zero-order chi connectivity index (χ0) is 16.7. The number of rotatable bonds is 2. The van der Waals surface area contributed by atoms with Gasteiger partial charge in [0.25, 0.3) is 0 Å². The van der Waals surface area contributed by atoms with Gasteiger partial charge in [-0.15, -0.1) is 0 Å². The molecule has 0 aliphatic carbocycles. The zero-order valence-corrected chi connectivity index (χ0v) is 14.3. The van der Waals surface area contributed by atoms with E-state index >= 15 is 0 Å². The number of aromatic nitrogens is 2. The van der Waals surface area contributed by atoms with Gasteiger partial charge in [-0.05, 0) is 43.2 Å². The molecule has 1 aliphatic heterocycles. The number of benzene rings is 2. The summed E-state index contributed by atoms with van der Waals surface area (Å²) in [6, 6.07) is 11.9. The van der Waals surface area contributed by atoms with Crippen molar-refractivity contribution in [2.45, 2.75) is 13.8 Å². The van der Waals surface area contributed by atoms with E-state index in [2.05, 4.69) is 10.2 Å². The summed E-state index contributed by atoms with van der Waals surface area (Å²) in [5.41, 5.74) is 6.03. The Kier molecular flexibility index (Phi) is 3.69. The van der Waals surface area contributed by atoms with Crippen molar-refractivity contribution in [3.8, 4) is 33.9 Å². The second-order valence-corrected chi connectivity index (χ2v) is 6.25. The molecule has 0 saturated heterocycles. The lowest BCUT2D eigenvalue weighted by Gasteiger charge is -2.19. The molecule has 0 saturated carbocycles. The van der Waals surface area contributed by atoms with Crippen LogP contribution in [0, 0.1) is 13.8 Å². The Labute approximate surface area is 145 Å². The highest BCUT2D eigenvalue weighted by molar-refractivity contribution is 6.31. The van der Waals surface area contributed by atoms with Crippen molar-refractivity contribution in [3.63, 3.8) is 0 Å². The van der Waals surface area contributed by atoms with Crippen LogP contribution in [0.4, 0.5) is 0 Å². The first kappa shape index (κ1) is 15.1. The molecule has 1 aliphatic rings. The molecule has 0 atom stereocenters. The molecule has 0 amide bonds. The number of H-pyrrole nitrogens is 1. The monoisotopic (exact) mass is 340 g/mol. The standard InChI is InChI=1S/C19H17ClN2O2/c1-11-14(4-3-5-15(11)20)19-18(12(2)21-22-19)13-6-7-16-17(10-13)24-9-8-23-16/h3-7,10H,8-9H2,1-2H3,(H,21,22). The molecule has 2 aromatic carbocycles. The van der Waals surface area contributed by atoms with Gasteiger partial charge in [0, 0.05) is 21.8 Å². The van der Waals surface area contributed by atoms with Gasteiger partial charge in [-0.3, -0.25) is 5.10 Å². The van der Waals surface area contributed by atoms with Gasteiger partial charge >= 0.3 is 0 Å². The number of ether oxygens (including phenoxy) is 2. The second-order valence-electron chi connectivity index (χ2n) is 5.84. The minimum absolute atomic E-state index is 0.571. The van der Waals surface area contributed by atoms with E-state index in [0.29, 0.717) is 13.2 Å². The molecule has 4 nitrogen and oxygen atoms in total. The van der Waals surface area contributed by atoms with Crippen LogP contribution in [0.1, 0.15) is 11.3 Å². The van der Waals surface area contributed by atoms with E-state index in [-0.39, 0.29) is 0 Å². The molecule has 1 aromatic heterocycles. The number of aromatic amines is 1. The second kappa shape index (κ2) is 5.87. The number of hydrogen-bond donors (Lipinski definition) is 1. The van der Waals surface area contributed by atoms with Gasteiger partial charge < -0.3 is 9.47 Å². The number of aryl methyl sites for hydroxylation is 1. The summed E-state index contributed by atoms with van der Waals surface area (Å²) < 4.78 is 11.3. The predicted octanol–water partition coefficient (Wildman–Crippen LogP) is 4.79. The minimum atomic E-state index is 0.571. The van der Waals surface area contributed by atoms with Crippen LogP contribution >= 0.6 is 11.6 Å². The highest BCUT2D eigenvalue weighted by Gasteiger charge is 2.19. The average Bonchev–Trinajstić information content (AvgIpc) is 2.98. The van der Waals surface area contributed by atoms with Crippen molar-refractivity contribution in [2.75, 3.05) is 13.2 Å². The molecule has 5 heteroatoms. The van der Waals surface area contributed by atoms with Crippen molar-refractivity contribution in [3.05, 3.63) is 52.7 Å². The van der Waals surface area contributed by atoms with Crippen molar-refractivity contribution < 1.29 is 9.47 Å². The fourth-order valence-electron chi connectivity index (χ4n) is 3.04. The Morgan fingerprint density at radius 2 is 1.83 bits per heavy atom. The quantitative estimate of drug-likeness (QED) is 0.730. The lowest BCUT2D eigenvalue weighted by molar-refractivity contribution is 0.171. The van der Waals surface area contributed by atoms with Crippen molar-refractivity contribution in [1.82, 2.24) is 10.2 Å². The van der Waals surface area contributed by atoms with Crippen LogP contribution in [0.3, 0.4) is 0 Å². The third-order valence-corrected chi connectivity index (χ3v) is 4.71. The average molecular weight is 341 g/mol. The highest BCUT2D eigenvalue weighted by atomic mass is 35.5. The molecule has 1 N–H and O–H groups in total. The molecule has 0 unspecified atom stereocenters. The van der Waals surface area contributed by atoms with Gasteiger partial charge in [0.1, 0.15) is 18.9 Å². The predicted molar refractivity (Wildman–Crippen MR) is 94.9 cm³/mol. The molecule has 24 heavy (non-hydrogen) atoms. The van der Waals surface area contributed by atoms with Gasteiger partial charge in [0.05, 0.1) is 0 Å². The first-order valence-corrected chi connectivity index (χ1v) is 8.23. The van der Waals surface area contributed by atoms with Crippen LogP contribution in [0.15, 0.2) is 36.4 Å². The smallest absolute Gasteiger partial charge is 0.161 e. The first-order chi connectivity index (χ1) is 11.6. The van der Waals surface area contributed by atoms with Gasteiger partial charge in [-0.1, -0.05) is 29.8 Å². The van der Waals surface area contributed by atoms with E-state index in [4.69, 9.17) is 21.1 Å². The SMILES string of the molecule is Cc1[nH]nc(-c2cccc(Cl)c2C)c1-c1ccc2c(c1)OCCO2. The Morgan fingerprint density at radius 3 is 2.67 bits per heavy atom. The van der Waals surface area contributed by atoms with Crippen LogP contribution in [-0.4, -0.2) is 23.4 Å². The molecule has 0 bridgehead atoms. The molecule has 0 fully saturated rings. The Hall–Kier alpha value is -2.46. The van der Waals surface area contributed by atoms with E-state index in [1.54, 1.807) is 0 Å². The molecule has 4 rings (SSSR count). The largest absolute Gasteiger partial charge is 0.486 e. The van der Waals surface area contributed by atoms with E-state index in [0.717, 1.165) is 50.2 Å². The fourth-order valence-corrected chi connectivity index (χ4v) is 3.21. The van der Waals surface area contributed by atoms with Gasteiger partial charge in [-0.25, -0.2) is 0 Å². The minimum Gasteiger partial charge on any atom is -0.486 e. The van der Waals surface area contributed by atoms with Crippen LogP contribution < -0.4 is 9.47 Å². The summed E-state index contributed by atoms with van der Waals surface area (Å²) in [6.45, 7) is 5.18. The van der Waals surface area contributed by atoms with Crippen molar-refractivity contribution in [1.29, 1.82) is 0 Å². The molecular formula is C19H17ClN2O2. The number of halogens is 1. The summed E-state index contributed by atoms with van der Waals surface area (Å²) >= 11 is 6.29. The molecule has 0 spiro atoms. The van der Waals surface area contributed by atoms with E-state index < -0.39 is 0 Å². The van der Waals surface area contributed by atoms with Crippen LogP contribution in [0.25, 0.3) is 22.4 Å². The Bertz CT molecular complexity index is 918. The summed E-state index contributed by atoms with van der Waals surface area (Å²) in [6.07, 6.45) is 0. The van der Waals surface area contributed by atoms with Crippen LogP contribution in [0.5, 0.6) is 11.5 Å². The van der Waals surface area contributed by atoms with Gasteiger partial charge in [0.15, 0.2) is 11.5 Å². The number of nitrogens with one attached hydrogen (secondary N) is 1. The maximum Gasteiger partial charge on any atom is 0.161 e. The lowest BCUT2D eigenvalue weighted by atomic mass is 9.96. The number of fused-ring (bicyclic) bond motifs is 1. The maximum atomic E-state index is 6.29. The molecule has 2 heterocycles. The summed E-state index contributed by atoms with van der Waals surface area (Å²) in [5.74, 6) is 1.56. The summed E-state index contributed by atoms with van der Waals surface area (Å²) in [7, 11) is 0. The topological polar surface area (TPSA) is 47.1 Å². The van der Waals surface area contributed by atoms with Crippen LogP contribution in [0.2, 0.25) is 5.02 Å². The number of nitrogens with zero attached hydrogens (tertiary/aromatic N) is 1. The fraction of sp³-hybridized carbons (Fsp3) is 0.211. The Morgan fingerprint density at radius 1 is 1.04 bits per heavy atom. The molecule has 3 aromatic rings. The highest BCUT2D eigenvalue weighted by Crippen LogP contribution is 2.40. The third-order valence-electron chi connectivity index (χ3n) is 4.30. The van der Waals surface area contributed by atoms with Crippen molar-refractivity contribution >= 4 is 11.6 Å². The first-order valence-electron chi connectivity index (χ1n) is 7.85. The lowest BCUT2D eigenvalue weighted by Crippen LogP contribution is -2.15. The van der Waals surface area contributed by atoms with Gasteiger partial charge in [-0.2, -0.15) is 5.10 Å². The Balaban J connectivity index is 1.88. The number of hydrogen-bond acceptors (Lipinski definition) is 3.